The monoisotopic (exact) mass is 431 g/mol. The van der Waals surface area contributed by atoms with Crippen LogP contribution in [0.3, 0.4) is 0 Å². The highest BCUT2D eigenvalue weighted by molar-refractivity contribution is 8.00. The number of sulfonamides is 1. The summed E-state index contributed by atoms with van der Waals surface area (Å²) in [4.78, 5) is 17.0. The summed E-state index contributed by atoms with van der Waals surface area (Å²) in [5.74, 6) is 0.396. The highest BCUT2D eigenvalue weighted by Crippen LogP contribution is 2.29. The van der Waals surface area contributed by atoms with Crippen molar-refractivity contribution in [2.75, 3.05) is 18.2 Å². The van der Waals surface area contributed by atoms with Crippen molar-refractivity contribution in [3.63, 3.8) is 0 Å². The first-order valence-electron chi connectivity index (χ1n) is 7.92. The number of carbonyl (C=O) groups is 1. The molecule has 1 fully saturated rings. The molecule has 0 spiro atoms. The molecule has 2 heterocycles. The first-order chi connectivity index (χ1) is 12.4. The summed E-state index contributed by atoms with van der Waals surface area (Å²) in [5.41, 5.74) is 0.928. The van der Waals surface area contributed by atoms with Gasteiger partial charge < -0.3 is 5.32 Å². The number of halogens is 1. The summed E-state index contributed by atoms with van der Waals surface area (Å²) in [5, 5.41) is 6.12. The number of aryl methyl sites for hydroxylation is 1. The molecular formula is C16H18ClN3O3S3. The number of aromatic nitrogens is 1. The Morgan fingerprint density at radius 1 is 1.46 bits per heavy atom. The Morgan fingerprint density at radius 3 is 2.96 bits per heavy atom. The van der Waals surface area contributed by atoms with E-state index in [1.54, 1.807) is 23.5 Å². The zero-order valence-corrected chi connectivity index (χ0v) is 17.2. The van der Waals surface area contributed by atoms with Crippen LogP contribution in [0.15, 0.2) is 34.5 Å². The second-order valence-corrected chi connectivity index (χ2v) is 10.2. The third-order valence-corrected chi connectivity index (χ3v) is 7.98. The standard InChI is InChI=1S/C16H18ClN3O3S3/c1-11-19-13(8-25-11)5-6-18-16(21)15-9-24-10-20(15)26(22,23)14-4-2-3-12(17)7-14/h2-4,7-8,15H,5-6,9-10H2,1H3,(H,18,21). The Bertz CT molecular complexity index is 901. The maximum Gasteiger partial charge on any atom is 0.244 e. The molecule has 2 aromatic rings. The fraction of sp³-hybridized carbons (Fsp3) is 0.375. The van der Waals surface area contributed by atoms with Gasteiger partial charge in [0.25, 0.3) is 0 Å². The van der Waals surface area contributed by atoms with Crippen molar-refractivity contribution in [1.29, 1.82) is 0 Å². The molecule has 0 bridgehead atoms. The molecule has 0 radical (unpaired) electrons. The number of thiazole rings is 1. The number of hydrogen-bond donors (Lipinski definition) is 1. The molecule has 1 N–H and O–H groups in total. The van der Waals surface area contributed by atoms with Gasteiger partial charge in [-0.2, -0.15) is 4.31 Å². The van der Waals surface area contributed by atoms with E-state index >= 15 is 0 Å². The van der Waals surface area contributed by atoms with Crippen molar-refractivity contribution in [2.45, 2.75) is 24.3 Å². The number of rotatable bonds is 6. The van der Waals surface area contributed by atoms with Gasteiger partial charge in [0.05, 0.1) is 21.5 Å². The second-order valence-electron chi connectivity index (χ2n) is 5.76. The second kappa shape index (κ2) is 8.26. The highest BCUT2D eigenvalue weighted by atomic mass is 35.5. The van der Waals surface area contributed by atoms with Crippen LogP contribution < -0.4 is 5.32 Å². The van der Waals surface area contributed by atoms with E-state index < -0.39 is 16.1 Å². The molecule has 1 aliphatic heterocycles. The number of carbonyl (C=O) groups excluding carboxylic acids is 1. The molecule has 3 rings (SSSR count). The normalized spacial score (nSPS) is 18.2. The maximum atomic E-state index is 12.9. The highest BCUT2D eigenvalue weighted by Gasteiger charge is 2.39. The molecule has 26 heavy (non-hydrogen) atoms. The quantitative estimate of drug-likeness (QED) is 0.760. The van der Waals surface area contributed by atoms with E-state index in [1.165, 1.54) is 28.2 Å². The van der Waals surface area contributed by atoms with Gasteiger partial charge in [0.15, 0.2) is 0 Å². The molecule has 1 unspecified atom stereocenters. The fourth-order valence-corrected chi connectivity index (χ4v) is 6.69. The fourth-order valence-electron chi connectivity index (χ4n) is 2.59. The zero-order valence-electron chi connectivity index (χ0n) is 14.0. The summed E-state index contributed by atoms with van der Waals surface area (Å²) in [6.07, 6.45) is 0.622. The first kappa shape index (κ1) is 19.6. The molecule has 1 aromatic carbocycles. The van der Waals surface area contributed by atoms with Gasteiger partial charge in [-0.25, -0.2) is 13.4 Å². The molecule has 0 aliphatic carbocycles. The van der Waals surface area contributed by atoms with Gasteiger partial charge in [0.2, 0.25) is 15.9 Å². The first-order valence-corrected chi connectivity index (χ1v) is 11.8. The molecule has 10 heteroatoms. The van der Waals surface area contributed by atoms with Crippen LogP contribution in [0.5, 0.6) is 0 Å². The minimum absolute atomic E-state index is 0.100. The van der Waals surface area contributed by atoms with Gasteiger partial charge in [0.1, 0.15) is 6.04 Å². The van der Waals surface area contributed by atoms with Crippen molar-refractivity contribution < 1.29 is 13.2 Å². The molecule has 1 amide bonds. The molecule has 1 aliphatic rings. The number of amides is 1. The molecule has 0 saturated carbocycles. The van der Waals surface area contributed by atoms with Crippen LogP contribution in [0, 0.1) is 6.92 Å². The Hall–Kier alpha value is -1.13. The van der Waals surface area contributed by atoms with E-state index in [2.05, 4.69) is 10.3 Å². The third-order valence-electron chi connectivity index (χ3n) is 3.89. The summed E-state index contributed by atoms with van der Waals surface area (Å²) in [7, 11) is -3.77. The van der Waals surface area contributed by atoms with Gasteiger partial charge in [-0.3, -0.25) is 4.79 Å². The van der Waals surface area contributed by atoms with E-state index in [1.807, 2.05) is 12.3 Å². The van der Waals surface area contributed by atoms with E-state index in [4.69, 9.17) is 11.6 Å². The van der Waals surface area contributed by atoms with Gasteiger partial charge in [-0.1, -0.05) is 17.7 Å². The Labute approximate surface area is 166 Å². The molecule has 1 saturated heterocycles. The van der Waals surface area contributed by atoms with Gasteiger partial charge in [-0.15, -0.1) is 23.1 Å². The van der Waals surface area contributed by atoms with Gasteiger partial charge >= 0.3 is 0 Å². The third kappa shape index (κ3) is 4.40. The Balaban J connectivity index is 1.66. The number of thioether (sulfide) groups is 1. The van der Waals surface area contributed by atoms with Crippen LogP contribution in [0.1, 0.15) is 10.7 Å². The average molecular weight is 432 g/mol. The van der Waals surface area contributed by atoms with Crippen LogP contribution in [0.25, 0.3) is 0 Å². The minimum atomic E-state index is -3.77. The van der Waals surface area contributed by atoms with Crippen molar-refractivity contribution in [2.24, 2.45) is 0 Å². The number of nitrogens with zero attached hydrogens (tertiary/aromatic N) is 2. The SMILES string of the molecule is Cc1nc(CCNC(=O)C2CSCN2S(=O)(=O)c2cccc(Cl)c2)cs1. The molecule has 1 aromatic heterocycles. The predicted octanol–water partition coefficient (Wildman–Crippen LogP) is 2.53. The van der Waals surface area contributed by atoms with E-state index in [0.717, 1.165) is 10.7 Å². The lowest BCUT2D eigenvalue weighted by atomic mass is 10.3. The van der Waals surface area contributed by atoms with E-state index in [9.17, 15) is 13.2 Å². The summed E-state index contributed by atoms with van der Waals surface area (Å²) in [6, 6.07) is 5.37. The van der Waals surface area contributed by atoms with Crippen LogP contribution in [0.2, 0.25) is 5.02 Å². The Kier molecular flexibility index (Phi) is 6.24. The Morgan fingerprint density at radius 2 is 2.27 bits per heavy atom. The molecule has 1 atom stereocenters. The zero-order chi connectivity index (χ0) is 18.7. The van der Waals surface area contributed by atoms with Crippen LogP contribution in [-0.2, 0) is 21.2 Å². The largest absolute Gasteiger partial charge is 0.354 e. The van der Waals surface area contributed by atoms with E-state index in [0.29, 0.717) is 23.7 Å². The van der Waals surface area contributed by atoms with Crippen molar-refractivity contribution in [3.8, 4) is 0 Å². The van der Waals surface area contributed by atoms with Crippen molar-refractivity contribution in [1.82, 2.24) is 14.6 Å². The molecular weight excluding hydrogens is 414 g/mol. The average Bonchev–Trinajstić information content (AvgIpc) is 3.24. The van der Waals surface area contributed by atoms with Crippen molar-refractivity contribution in [3.05, 3.63) is 45.4 Å². The molecule has 6 nitrogen and oxygen atoms in total. The van der Waals surface area contributed by atoms with Gasteiger partial charge in [0, 0.05) is 29.1 Å². The van der Waals surface area contributed by atoms with Crippen LogP contribution in [-0.4, -0.2) is 47.8 Å². The van der Waals surface area contributed by atoms with Crippen LogP contribution >= 0.6 is 34.7 Å². The summed E-state index contributed by atoms with van der Waals surface area (Å²) < 4.78 is 27.0. The van der Waals surface area contributed by atoms with E-state index in [-0.39, 0.29) is 16.7 Å². The predicted molar refractivity (Wildman–Crippen MR) is 105 cm³/mol. The minimum Gasteiger partial charge on any atom is -0.354 e. The number of benzene rings is 1. The summed E-state index contributed by atoms with van der Waals surface area (Å²) >= 11 is 8.90. The van der Waals surface area contributed by atoms with Crippen LogP contribution in [0.4, 0.5) is 0 Å². The lowest BCUT2D eigenvalue weighted by Crippen LogP contribution is -2.47. The summed E-state index contributed by atoms with van der Waals surface area (Å²) in [6.45, 7) is 2.36. The topological polar surface area (TPSA) is 79.4 Å². The van der Waals surface area contributed by atoms with Gasteiger partial charge in [-0.05, 0) is 25.1 Å². The molecule has 140 valence electrons. The smallest absolute Gasteiger partial charge is 0.244 e. The van der Waals surface area contributed by atoms with Crippen molar-refractivity contribution >= 4 is 50.6 Å². The maximum absolute atomic E-state index is 12.9. The lowest BCUT2D eigenvalue weighted by Gasteiger charge is -2.22. The lowest BCUT2D eigenvalue weighted by molar-refractivity contribution is -0.123. The number of hydrogen-bond acceptors (Lipinski definition) is 6. The number of nitrogens with one attached hydrogen (secondary N) is 1.